The maximum absolute atomic E-state index is 5.73. The predicted molar refractivity (Wildman–Crippen MR) is 60.3 cm³/mol. The molecule has 0 amide bonds. The Morgan fingerprint density at radius 2 is 2.29 bits per heavy atom. The highest BCUT2D eigenvalue weighted by Gasteiger charge is 1.97. The number of hydrogen-bond acceptors (Lipinski definition) is 4. The number of nitrogens with zero attached hydrogens (tertiary/aromatic N) is 2. The van der Waals surface area contributed by atoms with E-state index in [1.165, 1.54) is 0 Å². The van der Waals surface area contributed by atoms with Gasteiger partial charge in [0.25, 0.3) is 0 Å². The van der Waals surface area contributed by atoms with Gasteiger partial charge in [-0.3, -0.25) is 0 Å². The Hall–Kier alpha value is -1.29. The molecule has 3 N–H and O–H groups in total. The molecule has 0 spiro atoms. The smallest absolute Gasteiger partial charge is 0.149 e. The van der Waals surface area contributed by atoms with Gasteiger partial charge in [0.1, 0.15) is 5.82 Å². The van der Waals surface area contributed by atoms with Crippen LogP contribution in [-0.4, -0.2) is 37.1 Å². The Balaban J connectivity index is 2.28. The van der Waals surface area contributed by atoms with Gasteiger partial charge in [0, 0.05) is 12.7 Å². The van der Waals surface area contributed by atoms with Gasteiger partial charge in [-0.2, -0.15) is 0 Å². The van der Waals surface area contributed by atoms with Crippen molar-refractivity contribution in [1.29, 1.82) is 0 Å². The minimum Gasteiger partial charge on any atom is -0.396 e. The zero-order chi connectivity index (χ0) is 10.4. The highest BCUT2D eigenvalue weighted by Crippen LogP contribution is 2.12. The second-order valence-corrected chi connectivity index (χ2v) is 3.52. The molecule has 1 aromatic heterocycles. The Morgan fingerprint density at radius 3 is 2.93 bits per heavy atom. The van der Waals surface area contributed by atoms with E-state index in [-0.39, 0.29) is 0 Å². The topological polar surface area (TPSA) is 54.2 Å². The molecule has 0 aliphatic rings. The highest BCUT2D eigenvalue weighted by molar-refractivity contribution is 5.60. The van der Waals surface area contributed by atoms with Crippen LogP contribution in [0.3, 0.4) is 0 Å². The SMILES string of the molecule is CN(C)CCCNc1ncccc1N. The molecule has 0 saturated heterocycles. The summed E-state index contributed by atoms with van der Waals surface area (Å²) >= 11 is 0. The summed E-state index contributed by atoms with van der Waals surface area (Å²) in [7, 11) is 4.13. The minimum atomic E-state index is 0.706. The Kier molecular flexibility index (Phi) is 4.19. The van der Waals surface area contributed by atoms with Crippen molar-refractivity contribution in [3.8, 4) is 0 Å². The second kappa shape index (κ2) is 5.44. The largest absolute Gasteiger partial charge is 0.396 e. The van der Waals surface area contributed by atoms with Gasteiger partial charge in [-0.1, -0.05) is 0 Å². The van der Waals surface area contributed by atoms with Crippen LogP contribution in [0.4, 0.5) is 11.5 Å². The van der Waals surface area contributed by atoms with Gasteiger partial charge in [0.05, 0.1) is 5.69 Å². The van der Waals surface area contributed by atoms with Gasteiger partial charge in [0.15, 0.2) is 0 Å². The fourth-order valence-corrected chi connectivity index (χ4v) is 1.17. The van der Waals surface area contributed by atoms with Crippen LogP contribution in [0.25, 0.3) is 0 Å². The molecule has 1 heterocycles. The lowest BCUT2D eigenvalue weighted by atomic mass is 10.3. The van der Waals surface area contributed by atoms with E-state index in [0.717, 1.165) is 25.3 Å². The third-order valence-corrected chi connectivity index (χ3v) is 1.91. The summed E-state index contributed by atoms with van der Waals surface area (Å²) in [6, 6.07) is 3.68. The van der Waals surface area contributed by atoms with Crippen LogP contribution in [0.1, 0.15) is 6.42 Å². The molecular weight excluding hydrogens is 176 g/mol. The highest BCUT2D eigenvalue weighted by atomic mass is 15.1. The number of aromatic nitrogens is 1. The van der Waals surface area contributed by atoms with E-state index < -0.39 is 0 Å². The summed E-state index contributed by atoms with van der Waals surface area (Å²) < 4.78 is 0. The first-order valence-corrected chi connectivity index (χ1v) is 4.79. The minimum absolute atomic E-state index is 0.706. The van der Waals surface area contributed by atoms with Crippen LogP contribution in [0.5, 0.6) is 0 Å². The van der Waals surface area contributed by atoms with E-state index in [1.54, 1.807) is 6.20 Å². The third-order valence-electron chi connectivity index (χ3n) is 1.91. The number of rotatable bonds is 5. The summed E-state index contributed by atoms with van der Waals surface area (Å²) in [4.78, 5) is 6.30. The molecule has 0 aliphatic carbocycles. The van der Waals surface area contributed by atoms with Crippen LogP contribution < -0.4 is 11.1 Å². The number of pyridine rings is 1. The van der Waals surface area contributed by atoms with Gasteiger partial charge >= 0.3 is 0 Å². The Morgan fingerprint density at radius 1 is 1.50 bits per heavy atom. The van der Waals surface area contributed by atoms with Gasteiger partial charge in [-0.25, -0.2) is 4.98 Å². The summed E-state index contributed by atoms with van der Waals surface area (Å²) in [6.45, 7) is 1.97. The van der Waals surface area contributed by atoms with E-state index in [0.29, 0.717) is 5.69 Å². The zero-order valence-corrected chi connectivity index (χ0v) is 8.83. The average Bonchev–Trinajstić information content (AvgIpc) is 2.15. The lowest BCUT2D eigenvalue weighted by molar-refractivity contribution is 0.405. The average molecular weight is 194 g/mol. The number of anilines is 2. The molecule has 4 heteroatoms. The standard InChI is InChI=1S/C10H18N4/c1-14(2)8-4-7-13-10-9(11)5-3-6-12-10/h3,5-6H,4,7-8,11H2,1-2H3,(H,12,13). The molecule has 0 fully saturated rings. The Bertz CT molecular complexity index is 273. The molecule has 78 valence electrons. The number of nitrogens with two attached hydrogens (primary N) is 1. The summed E-state index contributed by atoms with van der Waals surface area (Å²) in [5.74, 6) is 0.784. The summed E-state index contributed by atoms with van der Waals surface area (Å²) in [6.07, 6.45) is 2.83. The number of nitrogen functional groups attached to an aromatic ring is 1. The maximum Gasteiger partial charge on any atom is 0.149 e. The van der Waals surface area contributed by atoms with Crippen molar-refractivity contribution in [2.24, 2.45) is 0 Å². The van der Waals surface area contributed by atoms with E-state index in [4.69, 9.17) is 5.73 Å². The van der Waals surface area contributed by atoms with Gasteiger partial charge in [0.2, 0.25) is 0 Å². The molecule has 0 aliphatic heterocycles. The first-order valence-electron chi connectivity index (χ1n) is 4.79. The molecule has 0 saturated carbocycles. The van der Waals surface area contributed by atoms with Crippen molar-refractivity contribution in [3.05, 3.63) is 18.3 Å². The molecule has 1 rings (SSSR count). The van der Waals surface area contributed by atoms with Crippen molar-refractivity contribution in [3.63, 3.8) is 0 Å². The van der Waals surface area contributed by atoms with Crippen LogP contribution in [0, 0.1) is 0 Å². The number of hydrogen-bond donors (Lipinski definition) is 2. The van der Waals surface area contributed by atoms with Crippen LogP contribution in [-0.2, 0) is 0 Å². The quantitative estimate of drug-likeness (QED) is 0.687. The van der Waals surface area contributed by atoms with Crippen LogP contribution in [0.2, 0.25) is 0 Å². The first-order chi connectivity index (χ1) is 6.70. The maximum atomic E-state index is 5.73. The molecule has 0 atom stereocenters. The normalized spacial score (nSPS) is 10.5. The molecule has 14 heavy (non-hydrogen) atoms. The van der Waals surface area contributed by atoms with E-state index in [2.05, 4.69) is 29.3 Å². The molecule has 0 radical (unpaired) electrons. The lowest BCUT2D eigenvalue weighted by Crippen LogP contribution is -2.17. The Labute approximate surface area is 85.1 Å². The van der Waals surface area contributed by atoms with Crippen LogP contribution in [0.15, 0.2) is 18.3 Å². The zero-order valence-electron chi connectivity index (χ0n) is 8.83. The molecule has 0 unspecified atom stereocenters. The van der Waals surface area contributed by atoms with Gasteiger partial charge in [-0.15, -0.1) is 0 Å². The monoisotopic (exact) mass is 194 g/mol. The van der Waals surface area contributed by atoms with Gasteiger partial charge in [-0.05, 0) is 39.2 Å². The van der Waals surface area contributed by atoms with Gasteiger partial charge < -0.3 is 16.0 Å². The van der Waals surface area contributed by atoms with Crippen molar-refractivity contribution >= 4 is 11.5 Å². The second-order valence-electron chi connectivity index (χ2n) is 3.52. The lowest BCUT2D eigenvalue weighted by Gasteiger charge is -2.10. The number of nitrogens with one attached hydrogen (secondary N) is 1. The van der Waals surface area contributed by atoms with Crippen molar-refractivity contribution in [1.82, 2.24) is 9.88 Å². The summed E-state index contributed by atoms with van der Waals surface area (Å²) in [5.41, 5.74) is 6.43. The molecule has 0 bridgehead atoms. The molecule has 0 aromatic carbocycles. The van der Waals surface area contributed by atoms with Crippen molar-refractivity contribution < 1.29 is 0 Å². The van der Waals surface area contributed by atoms with E-state index in [9.17, 15) is 0 Å². The fraction of sp³-hybridized carbons (Fsp3) is 0.500. The summed E-state index contributed by atoms with van der Waals surface area (Å²) in [5, 5.41) is 3.21. The fourth-order valence-electron chi connectivity index (χ4n) is 1.17. The molecular formula is C10H18N4. The van der Waals surface area contributed by atoms with Crippen molar-refractivity contribution in [2.75, 3.05) is 38.2 Å². The van der Waals surface area contributed by atoms with Crippen molar-refractivity contribution in [2.45, 2.75) is 6.42 Å². The van der Waals surface area contributed by atoms with Crippen LogP contribution >= 0.6 is 0 Å². The van der Waals surface area contributed by atoms with E-state index in [1.807, 2.05) is 12.1 Å². The third kappa shape index (κ3) is 3.62. The first kappa shape index (κ1) is 10.8. The molecule has 4 nitrogen and oxygen atoms in total. The predicted octanol–water partition coefficient (Wildman–Crippen LogP) is 1.03. The van der Waals surface area contributed by atoms with E-state index >= 15 is 0 Å². The molecule has 1 aromatic rings.